The molecule has 0 radical (unpaired) electrons. The van der Waals surface area contributed by atoms with Gasteiger partial charge >= 0.3 is 37.9 Å². The van der Waals surface area contributed by atoms with E-state index in [9.17, 15) is 0 Å². The van der Waals surface area contributed by atoms with Gasteiger partial charge in [0.05, 0.1) is 0 Å². The minimum absolute atomic E-state index is 0.826. The van der Waals surface area contributed by atoms with E-state index >= 15 is 0 Å². The number of rotatable bonds is 4. The average molecular weight is 425 g/mol. The van der Waals surface area contributed by atoms with Gasteiger partial charge in [-0.3, -0.25) is 0 Å². The van der Waals surface area contributed by atoms with Crippen LogP contribution in [0.15, 0.2) is 48.0 Å². The van der Waals surface area contributed by atoms with Crippen LogP contribution in [0, 0.1) is 0 Å². The van der Waals surface area contributed by atoms with Crippen molar-refractivity contribution in [2.45, 2.75) is 39.5 Å². The second kappa shape index (κ2) is 9.82. The Labute approximate surface area is 158 Å². The van der Waals surface area contributed by atoms with Crippen LogP contribution in [-0.4, -0.2) is 0 Å². The van der Waals surface area contributed by atoms with Crippen molar-refractivity contribution in [3.63, 3.8) is 0 Å². The first-order chi connectivity index (χ1) is 11.2. The van der Waals surface area contributed by atoms with Crippen molar-refractivity contribution in [3.8, 4) is 11.1 Å². The van der Waals surface area contributed by atoms with E-state index in [2.05, 4.69) is 62.4 Å². The summed E-state index contributed by atoms with van der Waals surface area (Å²) < 4.78 is 0. The summed E-state index contributed by atoms with van der Waals surface area (Å²) in [6.07, 6.45) is 7.13. The Balaban J connectivity index is 0.000000595. The molecule has 23 heavy (non-hydrogen) atoms. The van der Waals surface area contributed by atoms with Gasteiger partial charge in [-0.05, 0) is 47.1 Å². The molecule has 0 heterocycles. The first-order valence-electron chi connectivity index (χ1n) is 8.10. The Morgan fingerprint density at radius 1 is 1.00 bits per heavy atom. The van der Waals surface area contributed by atoms with Crippen molar-refractivity contribution in [2.24, 2.45) is 0 Å². The zero-order valence-corrected chi connectivity index (χ0v) is 17.7. The molecule has 0 saturated carbocycles. The molecule has 2 aromatic carbocycles. The van der Waals surface area contributed by atoms with Crippen molar-refractivity contribution >= 4 is 23.1 Å². The van der Waals surface area contributed by atoms with Gasteiger partial charge < -0.3 is 0 Å². The van der Waals surface area contributed by atoms with E-state index < -0.39 is 20.8 Å². The van der Waals surface area contributed by atoms with Crippen molar-refractivity contribution in [3.05, 3.63) is 64.7 Å². The number of fused-ring (bicyclic) bond motifs is 1. The van der Waals surface area contributed by atoms with Crippen LogP contribution in [-0.2, 0) is 33.7 Å². The van der Waals surface area contributed by atoms with Gasteiger partial charge in [0.25, 0.3) is 0 Å². The zero-order chi connectivity index (χ0) is 16.7. The summed E-state index contributed by atoms with van der Waals surface area (Å²) in [6, 6.07) is 15.8. The van der Waals surface area contributed by atoms with Crippen molar-refractivity contribution in [2.75, 3.05) is 0 Å². The van der Waals surface area contributed by atoms with Crippen molar-refractivity contribution in [1.82, 2.24) is 0 Å². The van der Waals surface area contributed by atoms with Gasteiger partial charge in [0.15, 0.2) is 0 Å². The summed E-state index contributed by atoms with van der Waals surface area (Å²) in [7, 11) is 9.87. The van der Waals surface area contributed by atoms with E-state index in [1.54, 1.807) is 5.57 Å². The molecule has 120 valence electrons. The van der Waals surface area contributed by atoms with Crippen LogP contribution in [0.25, 0.3) is 17.2 Å². The fraction of sp³-hybridized carbons (Fsp3) is 0.300. The quantitative estimate of drug-likeness (QED) is 0.494. The molecule has 0 nitrogen and oxygen atoms in total. The predicted octanol–water partition coefficient (Wildman–Crippen LogP) is 7.03. The Morgan fingerprint density at radius 3 is 2.30 bits per heavy atom. The Bertz CT molecular complexity index is 660. The van der Waals surface area contributed by atoms with E-state index in [0.717, 1.165) is 12.8 Å². The second-order valence-electron chi connectivity index (χ2n) is 5.73. The molecule has 0 aromatic heterocycles. The molecule has 0 aliphatic heterocycles. The summed E-state index contributed by atoms with van der Waals surface area (Å²) in [5.41, 5.74) is 8.65. The maximum atomic E-state index is 4.93. The second-order valence-corrected chi connectivity index (χ2v) is 9.46. The molecule has 3 heteroatoms. The third-order valence-electron chi connectivity index (χ3n) is 4.21. The summed E-state index contributed by atoms with van der Waals surface area (Å²) in [6.45, 7) is 4.46. The van der Waals surface area contributed by atoms with Gasteiger partial charge in [-0.15, -0.1) is 0 Å². The Hall–Kier alpha value is -0.357. The van der Waals surface area contributed by atoms with Crippen LogP contribution in [0.3, 0.4) is 0 Å². The van der Waals surface area contributed by atoms with Crippen LogP contribution < -0.4 is 0 Å². The van der Waals surface area contributed by atoms with Gasteiger partial charge in [0.2, 0.25) is 0 Å². The van der Waals surface area contributed by atoms with Gasteiger partial charge in [-0.1, -0.05) is 74.4 Å². The molecule has 0 bridgehead atoms. The van der Waals surface area contributed by atoms with Gasteiger partial charge in [0, 0.05) is 0 Å². The fourth-order valence-electron chi connectivity index (χ4n) is 3.09. The van der Waals surface area contributed by atoms with Crippen molar-refractivity contribution < 1.29 is 20.8 Å². The third-order valence-corrected chi connectivity index (χ3v) is 4.21. The molecule has 1 aliphatic carbocycles. The molecule has 0 N–H and O–H groups in total. The zero-order valence-electron chi connectivity index (χ0n) is 13.7. The fourth-order valence-corrected chi connectivity index (χ4v) is 3.09. The first kappa shape index (κ1) is 19.0. The van der Waals surface area contributed by atoms with Gasteiger partial charge in [0.1, 0.15) is 0 Å². The Kier molecular flexibility index (Phi) is 8.10. The van der Waals surface area contributed by atoms with E-state index in [1.165, 1.54) is 40.7 Å². The SMILES string of the molecule is CCCC1=Cc2c(cccc2-c2ccc(CC)cc2)C1.[Cl][Zr][Cl]. The monoisotopic (exact) mass is 422 g/mol. The molecule has 0 unspecified atom stereocenters. The van der Waals surface area contributed by atoms with Crippen LogP contribution >= 0.6 is 17.0 Å². The third kappa shape index (κ3) is 5.06. The number of hydrogen-bond donors (Lipinski definition) is 0. The van der Waals surface area contributed by atoms with E-state index in [4.69, 9.17) is 17.0 Å². The van der Waals surface area contributed by atoms with E-state index in [1.807, 2.05) is 0 Å². The molecule has 0 saturated heterocycles. The number of halogens is 2. The summed E-state index contributed by atoms with van der Waals surface area (Å²) >= 11 is -0.826. The van der Waals surface area contributed by atoms with Crippen LogP contribution in [0.1, 0.15) is 43.4 Å². The molecular weight excluding hydrogens is 402 g/mol. The van der Waals surface area contributed by atoms with E-state index in [0.29, 0.717) is 0 Å². The molecular formula is C20H22Cl2Zr. The normalized spacial score (nSPS) is 12.1. The average Bonchev–Trinajstić information content (AvgIpc) is 2.98. The molecule has 3 rings (SSSR count). The van der Waals surface area contributed by atoms with E-state index in [-0.39, 0.29) is 0 Å². The summed E-state index contributed by atoms with van der Waals surface area (Å²) in [5, 5.41) is 0. The number of hydrogen-bond acceptors (Lipinski definition) is 0. The maximum absolute atomic E-state index is 4.93. The molecule has 0 atom stereocenters. The summed E-state index contributed by atoms with van der Waals surface area (Å²) in [5.74, 6) is 0. The summed E-state index contributed by atoms with van der Waals surface area (Å²) in [4.78, 5) is 0. The number of allylic oxidation sites excluding steroid dienone is 1. The standard InChI is InChI=1S/C20H22.2ClH.Zr/c1-3-6-16-13-18-7-5-8-19(20(18)14-16)17-11-9-15(4-2)10-12-17;;;/h5,7-12,14H,3-4,6,13H2,1-2H3;2*1H;/q;;;+2/p-2. The number of aryl methyl sites for hydroxylation is 1. The van der Waals surface area contributed by atoms with Crippen LogP contribution in [0.5, 0.6) is 0 Å². The molecule has 0 spiro atoms. The first-order valence-corrected chi connectivity index (χ1v) is 14.4. The Morgan fingerprint density at radius 2 is 1.70 bits per heavy atom. The van der Waals surface area contributed by atoms with Gasteiger partial charge in [-0.2, -0.15) is 0 Å². The van der Waals surface area contributed by atoms with Gasteiger partial charge in [-0.25, -0.2) is 0 Å². The van der Waals surface area contributed by atoms with Crippen molar-refractivity contribution in [1.29, 1.82) is 0 Å². The minimum atomic E-state index is -0.826. The molecule has 0 fully saturated rings. The van der Waals surface area contributed by atoms with Crippen LogP contribution in [0.4, 0.5) is 0 Å². The number of benzene rings is 2. The molecule has 1 aliphatic rings. The van der Waals surface area contributed by atoms with Crippen LogP contribution in [0.2, 0.25) is 0 Å². The predicted molar refractivity (Wildman–Crippen MR) is 99.6 cm³/mol. The topological polar surface area (TPSA) is 0 Å². The molecule has 2 aromatic rings. The molecule has 0 amide bonds.